The molecule has 1 heterocycles. The van der Waals surface area contributed by atoms with Crippen molar-refractivity contribution < 1.29 is 9.72 Å². The number of anilines is 1. The van der Waals surface area contributed by atoms with Crippen LogP contribution in [0.15, 0.2) is 18.2 Å². The minimum atomic E-state index is -0.549. The summed E-state index contributed by atoms with van der Waals surface area (Å²) in [5.74, 6) is -0.118. The summed E-state index contributed by atoms with van der Waals surface area (Å²) >= 11 is 0. The third kappa shape index (κ3) is 3.49. The van der Waals surface area contributed by atoms with Gasteiger partial charge in [0, 0.05) is 37.8 Å². The molecule has 0 aromatic heterocycles. The summed E-state index contributed by atoms with van der Waals surface area (Å²) in [6, 6.07) is 4.14. The van der Waals surface area contributed by atoms with E-state index >= 15 is 0 Å². The largest absolute Gasteiger partial charge is 0.393 e. The summed E-state index contributed by atoms with van der Waals surface area (Å²) in [5.41, 5.74) is 5.89. The minimum absolute atomic E-state index is 0.0236. The molecule has 0 spiro atoms. The fourth-order valence-electron chi connectivity index (χ4n) is 2.53. The van der Waals surface area contributed by atoms with Gasteiger partial charge >= 0.3 is 0 Å². The van der Waals surface area contributed by atoms with E-state index in [1.165, 1.54) is 18.2 Å². The zero-order chi connectivity index (χ0) is 15.4. The molecule has 2 N–H and O–H groups in total. The molecule has 0 bridgehead atoms. The monoisotopic (exact) mass is 292 g/mol. The fraction of sp³-hybridized carbons (Fsp3) is 0.500. The highest BCUT2D eigenvalue weighted by Crippen LogP contribution is 2.23. The number of carbonyl (C=O) groups is 1. The first-order valence-corrected chi connectivity index (χ1v) is 7.08. The second-order valence-electron chi connectivity index (χ2n) is 5.16. The molecule has 1 aromatic rings. The average molecular weight is 292 g/mol. The number of amides is 1. The third-order valence-electron chi connectivity index (χ3n) is 3.67. The van der Waals surface area contributed by atoms with Gasteiger partial charge in [-0.3, -0.25) is 19.8 Å². The van der Waals surface area contributed by atoms with E-state index in [2.05, 4.69) is 11.8 Å². The molecule has 21 heavy (non-hydrogen) atoms. The number of hydrogen-bond acceptors (Lipinski definition) is 5. The Morgan fingerprint density at radius 3 is 2.52 bits per heavy atom. The molecule has 1 aliphatic rings. The first kappa shape index (κ1) is 15.2. The van der Waals surface area contributed by atoms with Gasteiger partial charge in [0.05, 0.1) is 4.92 Å². The number of nitrogens with two attached hydrogens (primary N) is 1. The molecule has 114 valence electrons. The molecule has 1 aromatic carbocycles. The average Bonchev–Trinajstić information content (AvgIpc) is 2.47. The van der Waals surface area contributed by atoms with Crippen LogP contribution >= 0.6 is 0 Å². The molecular weight excluding hydrogens is 272 g/mol. The molecule has 0 atom stereocenters. The van der Waals surface area contributed by atoms with Crippen LogP contribution in [0.4, 0.5) is 11.4 Å². The van der Waals surface area contributed by atoms with Crippen LogP contribution in [0.2, 0.25) is 0 Å². The molecule has 7 nitrogen and oxygen atoms in total. The number of nitrogens with zero attached hydrogens (tertiary/aromatic N) is 3. The Labute approximate surface area is 123 Å². The van der Waals surface area contributed by atoms with Crippen LogP contribution in [0.3, 0.4) is 0 Å². The number of benzene rings is 1. The van der Waals surface area contributed by atoms with Gasteiger partial charge in [-0.25, -0.2) is 0 Å². The van der Waals surface area contributed by atoms with Crippen molar-refractivity contribution in [2.75, 3.05) is 38.5 Å². The summed E-state index contributed by atoms with van der Waals surface area (Å²) in [7, 11) is 0. The van der Waals surface area contributed by atoms with Crippen LogP contribution < -0.4 is 5.73 Å². The minimum Gasteiger partial charge on any atom is -0.393 e. The van der Waals surface area contributed by atoms with Gasteiger partial charge in [0.15, 0.2) is 0 Å². The molecular formula is C14H20N4O3. The van der Waals surface area contributed by atoms with Gasteiger partial charge in [-0.05, 0) is 25.1 Å². The molecule has 1 fully saturated rings. The SMILES string of the molecule is CCCN1CCN(C(=O)c2ccc([N+](=O)[O-])c(N)c2)CC1. The maximum absolute atomic E-state index is 12.4. The zero-order valence-corrected chi connectivity index (χ0v) is 12.1. The van der Waals surface area contributed by atoms with Gasteiger partial charge < -0.3 is 10.6 Å². The number of piperazine rings is 1. The predicted octanol–water partition coefficient (Wildman–Crippen LogP) is 1.34. The summed E-state index contributed by atoms with van der Waals surface area (Å²) in [6.45, 7) is 6.26. The Bertz CT molecular complexity index is 539. The first-order valence-electron chi connectivity index (χ1n) is 7.08. The molecule has 1 amide bonds. The molecule has 0 unspecified atom stereocenters. The van der Waals surface area contributed by atoms with Gasteiger partial charge in [-0.2, -0.15) is 0 Å². The Balaban J connectivity index is 2.04. The normalized spacial score (nSPS) is 16.0. The van der Waals surface area contributed by atoms with Crippen LogP contribution in [0.1, 0.15) is 23.7 Å². The van der Waals surface area contributed by atoms with Crippen molar-refractivity contribution in [2.45, 2.75) is 13.3 Å². The highest BCUT2D eigenvalue weighted by Gasteiger charge is 2.23. The summed E-state index contributed by atoms with van der Waals surface area (Å²) in [4.78, 5) is 26.7. The van der Waals surface area contributed by atoms with E-state index in [1.807, 2.05) is 0 Å². The van der Waals surface area contributed by atoms with Crippen LogP contribution in [0.25, 0.3) is 0 Å². The van der Waals surface area contributed by atoms with E-state index in [0.717, 1.165) is 26.1 Å². The van der Waals surface area contributed by atoms with Crippen molar-refractivity contribution in [2.24, 2.45) is 0 Å². The molecule has 1 aliphatic heterocycles. The molecule has 2 rings (SSSR count). The first-order chi connectivity index (χ1) is 10.0. The molecule has 0 aliphatic carbocycles. The highest BCUT2D eigenvalue weighted by atomic mass is 16.6. The van der Waals surface area contributed by atoms with Gasteiger partial charge in [-0.1, -0.05) is 6.92 Å². The second-order valence-corrected chi connectivity index (χ2v) is 5.16. The van der Waals surface area contributed by atoms with E-state index in [0.29, 0.717) is 18.7 Å². The Morgan fingerprint density at radius 1 is 1.33 bits per heavy atom. The van der Waals surface area contributed by atoms with Crippen LogP contribution in [0.5, 0.6) is 0 Å². The van der Waals surface area contributed by atoms with Crippen molar-refractivity contribution in [1.29, 1.82) is 0 Å². The van der Waals surface area contributed by atoms with Gasteiger partial charge in [0.1, 0.15) is 5.69 Å². The van der Waals surface area contributed by atoms with Gasteiger partial charge in [0.25, 0.3) is 11.6 Å². The van der Waals surface area contributed by atoms with Crippen molar-refractivity contribution in [3.63, 3.8) is 0 Å². The Morgan fingerprint density at radius 2 is 2.00 bits per heavy atom. The van der Waals surface area contributed by atoms with E-state index < -0.39 is 4.92 Å². The number of nitro groups is 1. The lowest BCUT2D eigenvalue weighted by Gasteiger charge is -2.34. The van der Waals surface area contributed by atoms with Gasteiger partial charge in [0.2, 0.25) is 0 Å². The number of hydrogen-bond donors (Lipinski definition) is 1. The lowest BCUT2D eigenvalue weighted by molar-refractivity contribution is -0.383. The molecule has 7 heteroatoms. The van der Waals surface area contributed by atoms with E-state index in [4.69, 9.17) is 5.73 Å². The standard InChI is InChI=1S/C14H20N4O3/c1-2-5-16-6-8-17(9-7-16)14(19)11-3-4-13(18(20)21)12(15)10-11/h3-4,10H,2,5-9,15H2,1H3. The van der Waals surface area contributed by atoms with Gasteiger partial charge in [-0.15, -0.1) is 0 Å². The molecule has 0 radical (unpaired) electrons. The number of nitrogen functional groups attached to an aromatic ring is 1. The second kappa shape index (κ2) is 6.53. The zero-order valence-electron chi connectivity index (χ0n) is 12.1. The lowest BCUT2D eigenvalue weighted by atomic mass is 10.1. The van der Waals surface area contributed by atoms with E-state index in [9.17, 15) is 14.9 Å². The van der Waals surface area contributed by atoms with Crippen molar-refractivity contribution in [3.05, 3.63) is 33.9 Å². The van der Waals surface area contributed by atoms with Crippen LogP contribution in [-0.4, -0.2) is 53.4 Å². The Kier molecular flexibility index (Phi) is 4.74. The van der Waals surface area contributed by atoms with Crippen molar-refractivity contribution in [3.8, 4) is 0 Å². The van der Waals surface area contributed by atoms with Crippen LogP contribution in [-0.2, 0) is 0 Å². The van der Waals surface area contributed by atoms with Crippen LogP contribution in [0, 0.1) is 10.1 Å². The quantitative estimate of drug-likeness (QED) is 0.513. The predicted molar refractivity (Wildman–Crippen MR) is 80.1 cm³/mol. The van der Waals surface area contributed by atoms with E-state index in [-0.39, 0.29) is 17.3 Å². The van der Waals surface area contributed by atoms with E-state index in [1.54, 1.807) is 4.90 Å². The lowest BCUT2D eigenvalue weighted by Crippen LogP contribution is -2.48. The fourth-order valence-corrected chi connectivity index (χ4v) is 2.53. The highest BCUT2D eigenvalue weighted by molar-refractivity contribution is 5.95. The van der Waals surface area contributed by atoms with Crippen molar-refractivity contribution in [1.82, 2.24) is 9.80 Å². The maximum atomic E-state index is 12.4. The summed E-state index contributed by atoms with van der Waals surface area (Å²) < 4.78 is 0. The topological polar surface area (TPSA) is 92.7 Å². The summed E-state index contributed by atoms with van der Waals surface area (Å²) in [6.07, 6.45) is 1.10. The molecule has 0 saturated carbocycles. The Hall–Kier alpha value is -2.15. The smallest absolute Gasteiger partial charge is 0.292 e. The van der Waals surface area contributed by atoms with Crippen molar-refractivity contribution >= 4 is 17.3 Å². The number of carbonyl (C=O) groups excluding carboxylic acids is 1. The molecule has 1 saturated heterocycles. The number of rotatable bonds is 4. The number of nitro benzene ring substituents is 1. The summed E-state index contributed by atoms with van der Waals surface area (Å²) in [5, 5.41) is 10.7. The maximum Gasteiger partial charge on any atom is 0.292 e. The third-order valence-corrected chi connectivity index (χ3v) is 3.67.